The van der Waals surface area contributed by atoms with Crippen LogP contribution >= 0.6 is 0 Å². The number of halogens is 1. The molecule has 1 aromatic heterocycles. The average Bonchev–Trinajstić information content (AvgIpc) is 2.28. The van der Waals surface area contributed by atoms with Crippen molar-refractivity contribution >= 4 is 0 Å². The normalized spacial score (nSPS) is 10.0. The molecule has 0 saturated heterocycles. The predicted octanol–water partition coefficient (Wildman–Crippen LogP) is 1.04. The van der Waals surface area contributed by atoms with Crippen LogP contribution in [-0.2, 0) is 6.54 Å². The molecule has 1 aromatic rings. The third-order valence-corrected chi connectivity index (χ3v) is 3.03. The number of aryl methyl sites for hydroxylation is 2. The molecule has 0 N–H and O–H groups in total. The summed E-state index contributed by atoms with van der Waals surface area (Å²) in [5, 5.41) is 0. The van der Waals surface area contributed by atoms with Gasteiger partial charge in [0.15, 0.2) is 12.4 Å². The molecule has 1 nitrogen and oxygen atoms in total. The van der Waals surface area contributed by atoms with E-state index in [2.05, 4.69) is 42.9 Å². The van der Waals surface area contributed by atoms with E-state index in [1.807, 2.05) is 0 Å². The van der Waals surface area contributed by atoms with Crippen molar-refractivity contribution in [2.75, 3.05) is 0 Å². The first-order valence-electron chi connectivity index (χ1n) is 6.78. The summed E-state index contributed by atoms with van der Waals surface area (Å²) in [6, 6.07) is 4.29. The molecule has 0 fully saturated rings. The molecule has 0 aliphatic rings. The van der Waals surface area contributed by atoms with E-state index in [9.17, 15) is 0 Å². The average molecular weight is 239 g/mol. The number of hydrogen-bond donors (Lipinski definition) is 0. The highest BCUT2D eigenvalue weighted by Crippen LogP contribution is 2.06. The molecule has 2 heteroatoms. The molecule has 0 saturated carbocycles. The van der Waals surface area contributed by atoms with Gasteiger partial charge in [-0.25, -0.2) is 4.57 Å². The molecular weight excluding hydrogens is 213 g/mol. The Morgan fingerprint density at radius 3 is 2.29 bits per heavy atom. The lowest BCUT2D eigenvalue weighted by Gasteiger charge is -2.00. The van der Waals surface area contributed by atoms with Crippen LogP contribution in [0.15, 0.2) is 24.5 Å². The Morgan fingerprint density at radius 1 is 1.00 bits per heavy atom. The van der Waals surface area contributed by atoms with Crippen LogP contribution in [0.25, 0.3) is 0 Å². The quantitative estimate of drug-likeness (QED) is 0.471. The van der Waals surface area contributed by atoms with Gasteiger partial charge in [0.2, 0.25) is 0 Å². The van der Waals surface area contributed by atoms with Crippen molar-refractivity contribution in [2.45, 2.75) is 65.3 Å². The Labute approximate surface area is 105 Å². The monoisotopic (exact) mass is 239 g/mol. The first-order chi connectivity index (χ1) is 7.83. The number of pyridine rings is 1. The maximum Gasteiger partial charge on any atom is 0.171 e. The Kier molecular flexibility index (Phi) is 9.69. The van der Waals surface area contributed by atoms with Gasteiger partial charge in [0.25, 0.3) is 0 Å². The Balaban J connectivity index is 0.00000256. The van der Waals surface area contributed by atoms with Gasteiger partial charge in [-0.1, -0.05) is 39.0 Å². The van der Waals surface area contributed by atoms with Crippen molar-refractivity contribution in [2.24, 2.45) is 0 Å². The van der Waals surface area contributed by atoms with Crippen LogP contribution in [0.4, 0.5) is 0 Å². The lowest BCUT2D eigenvalue weighted by Crippen LogP contribution is -3.00. The zero-order valence-corrected chi connectivity index (χ0v) is 11.3. The third kappa shape index (κ3) is 7.89. The molecule has 0 aliphatic carbocycles. The molecule has 0 radical (unpaired) electrons. The van der Waals surface area contributed by atoms with Gasteiger partial charge < -0.3 is 4.70 Å². The van der Waals surface area contributed by atoms with Crippen molar-refractivity contribution in [3.8, 4) is 0 Å². The van der Waals surface area contributed by atoms with Crippen molar-refractivity contribution in [1.29, 1.82) is 0 Å². The van der Waals surface area contributed by atoms with Gasteiger partial charge in [0.1, 0.15) is 6.54 Å². The van der Waals surface area contributed by atoms with Gasteiger partial charge in [-0.2, -0.15) is 0 Å². The molecule has 1 rings (SSSR count). The van der Waals surface area contributed by atoms with Crippen LogP contribution in [0.2, 0.25) is 0 Å². The summed E-state index contributed by atoms with van der Waals surface area (Å²) in [6.45, 7) is 5.60. The van der Waals surface area contributed by atoms with Crippen LogP contribution in [0.1, 0.15) is 57.4 Å². The molecule has 0 unspecified atom stereocenters. The predicted molar refractivity (Wildman–Crippen MR) is 69.4 cm³/mol. The molecule has 0 aromatic carbocycles. The van der Waals surface area contributed by atoms with Gasteiger partial charge in [-0.05, 0) is 19.4 Å². The summed E-state index contributed by atoms with van der Waals surface area (Å²) in [5.74, 6) is 0. The molecule has 98 valence electrons. The van der Waals surface area contributed by atoms with Gasteiger partial charge in [-0.3, -0.25) is 0 Å². The topological polar surface area (TPSA) is 3.88 Å². The number of rotatable bonds is 8. The van der Waals surface area contributed by atoms with Crippen LogP contribution in [0.3, 0.4) is 0 Å². The van der Waals surface area contributed by atoms with Crippen molar-refractivity contribution in [3.05, 3.63) is 30.1 Å². The summed E-state index contributed by atoms with van der Waals surface area (Å²) >= 11 is 0. The second kappa shape index (κ2) is 10.2. The Bertz CT molecular complexity index is 286. The minimum atomic E-state index is 0. The van der Waals surface area contributed by atoms with Crippen molar-refractivity contribution in [1.82, 2.24) is 0 Å². The minimum Gasteiger partial charge on any atom is -1.00 e. The lowest BCUT2D eigenvalue weighted by molar-refractivity contribution is -0.697. The van der Waals surface area contributed by atoms with Gasteiger partial charge >= 0.3 is 0 Å². The Hall–Kier alpha value is -0.920. The standard InChI is InChI=1S/C15H26N.FH/c1-3-4-5-6-7-8-9-12-16-13-10-11-15(2)14-16;/h10-11,13-14H,3-9,12H2,1-2H3;1H/q+1;/p-1. The Morgan fingerprint density at radius 2 is 1.65 bits per heavy atom. The molecule has 0 atom stereocenters. The van der Waals surface area contributed by atoms with Crippen molar-refractivity contribution < 1.29 is 9.27 Å². The largest absolute Gasteiger partial charge is 1.00 e. The van der Waals surface area contributed by atoms with Crippen LogP contribution < -0.4 is 9.27 Å². The molecular formula is C15H26FN. The molecule has 17 heavy (non-hydrogen) atoms. The second-order valence-corrected chi connectivity index (χ2v) is 4.74. The molecule has 0 amide bonds. The zero-order chi connectivity index (χ0) is 11.6. The van der Waals surface area contributed by atoms with E-state index in [0.717, 1.165) is 0 Å². The number of hydrogen-bond acceptors (Lipinski definition) is 0. The van der Waals surface area contributed by atoms with Gasteiger partial charge in [0.05, 0.1) is 0 Å². The highest BCUT2D eigenvalue weighted by molar-refractivity contribution is 5.01. The highest BCUT2D eigenvalue weighted by Gasteiger charge is 1.99. The van der Waals surface area contributed by atoms with E-state index in [1.54, 1.807) is 0 Å². The summed E-state index contributed by atoms with van der Waals surface area (Å²) in [6.07, 6.45) is 14.1. The summed E-state index contributed by atoms with van der Waals surface area (Å²) in [4.78, 5) is 0. The van der Waals surface area contributed by atoms with E-state index in [1.165, 1.54) is 57.1 Å². The third-order valence-electron chi connectivity index (χ3n) is 3.03. The van der Waals surface area contributed by atoms with E-state index >= 15 is 0 Å². The maximum atomic E-state index is 2.31. The first kappa shape index (κ1) is 16.1. The van der Waals surface area contributed by atoms with E-state index in [4.69, 9.17) is 0 Å². The minimum absolute atomic E-state index is 0. The van der Waals surface area contributed by atoms with E-state index in [-0.39, 0.29) is 4.70 Å². The first-order valence-corrected chi connectivity index (χ1v) is 6.78. The van der Waals surface area contributed by atoms with Gasteiger partial charge in [-0.15, -0.1) is 0 Å². The molecule has 0 spiro atoms. The summed E-state index contributed by atoms with van der Waals surface area (Å²) in [5.41, 5.74) is 1.35. The smallest absolute Gasteiger partial charge is 0.171 e. The zero-order valence-electron chi connectivity index (χ0n) is 11.3. The fourth-order valence-corrected chi connectivity index (χ4v) is 2.04. The second-order valence-electron chi connectivity index (χ2n) is 4.74. The number of nitrogens with zero attached hydrogens (tertiary/aromatic N) is 1. The number of aromatic nitrogens is 1. The number of unbranched alkanes of at least 4 members (excludes halogenated alkanes) is 6. The van der Waals surface area contributed by atoms with Crippen LogP contribution in [0.5, 0.6) is 0 Å². The fraction of sp³-hybridized carbons (Fsp3) is 0.667. The van der Waals surface area contributed by atoms with E-state index < -0.39 is 0 Å². The van der Waals surface area contributed by atoms with E-state index in [0.29, 0.717) is 0 Å². The highest BCUT2D eigenvalue weighted by atomic mass is 19.0. The molecule has 0 aliphatic heterocycles. The molecule has 0 bridgehead atoms. The maximum absolute atomic E-state index is 2.31. The van der Waals surface area contributed by atoms with Crippen LogP contribution in [0, 0.1) is 6.92 Å². The summed E-state index contributed by atoms with van der Waals surface area (Å²) < 4.78 is 2.31. The fourth-order valence-electron chi connectivity index (χ4n) is 2.04. The van der Waals surface area contributed by atoms with Crippen LogP contribution in [-0.4, -0.2) is 0 Å². The summed E-state index contributed by atoms with van der Waals surface area (Å²) in [7, 11) is 0. The van der Waals surface area contributed by atoms with Crippen molar-refractivity contribution in [3.63, 3.8) is 0 Å². The lowest BCUT2D eigenvalue weighted by atomic mass is 10.1. The SMILES string of the molecule is CCCCCCCCC[n+]1cccc(C)c1.[F-]. The molecule has 1 heterocycles. The van der Waals surface area contributed by atoms with Gasteiger partial charge in [0, 0.05) is 18.1 Å².